The highest BCUT2D eigenvalue weighted by Crippen LogP contribution is 2.21. The Balaban J connectivity index is 2.08. The number of ether oxygens (including phenoxy) is 1. The van der Waals surface area contributed by atoms with Crippen LogP contribution in [0.3, 0.4) is 0 Å². The Hall–Kier alpha value is -0.650. The van der Waals surface area contributed by atoms with E-state index in [9.17, 15) is 4.79 Å². The molecular formula is C16H31N3O2. The molecule has 0 aliphatic carbocycles. The van der Waals surface area contributed by atoms with Crippen LogP contribution in [0.2, 0.25) is 0 Å². The van der Waals surface area contributed by atoms with Crippen molar-refractivity contribution in [1.82, 2.24) is 15.1 Å². The lowest BCUT2D eigenvalue weighted by Gasteiger charge is -2.42. The lowest BCUT2D eigenvalue weighted by atomic mass is 9.98. The van der Waals surface area contributed by atoms with Crippen LogP contribution in [0.15, 0.2) is 0 Å². The number of likely N-dealkylation sites (N-methyl/N-ethyl adjacent to an activating group) is 1. The first-order chi connectivity index (χ1) is 9.90. The van der Waals surface area contributed by atoms with E-state index in [1.54, 1.807) is 0 Å². The van der Waals surface area contributed by atoms with Crippen molar-refractivity contribution >= 4 is 5.91 Å². The standard InChI is InChI=1S/C16H31N3O2/c1-11(2)15(19-9-12(3)21-13(4)10-19)16(20)18(5)14-6-7-17-8-14/h11-15,17H,6-10H2,1-5H3. The molecule has 0 aromatic rings. The van der Waals surface area contributed by atoms with Gasteiger partial charge < -0.3 is 15.0 Å². The number of nitrogens with one attached hydrogen (secondary N) is 1. The predicted molar refractivity (Wildman–Crippen MR) is 84.3 cm³/mol. The Morgan fingerprint density at radius 3 is 2.38 bits per heavy atom. The van der Waals surface area contributed by atoms with E-state index in [0.29, 0.717) is 12.0 Å². The molecule has 21 heavy (non-hydrogen) atoms. The summed E-state index contributed by atoms with van der Waals surface area (Å²) in [5, 5.41) is 3.34. The SMILES string of the molecule is CC1CN(C(C(=O)N(C)C2CCNC2)C(C)C)CC(C)O1. The maximum absolute atomic E-state index is 13.0. The summed E-state index contributed by atoms with van der Waals surface area (Å²) >= 11 is 0. The number of morpholine rings is 1. The Morgan fingerprint density at radius 1 is 1.29 bits per heavy atom. The summed E-state index contributed by atoms with van der Waals surface area (Å²) < 4.78 is 5.81. The number of hydrogen-bond donors (Lipinski definition) is 1. The second-order valence-corrected chi connectivity index (χ2v) is 7.00. The van der Waals surface area contributed by atoms with Crippen molar-refractivity contribution in [3.8, 4) is 0 Å². The molecule has 0 spiro atoms. The molecule has 0 aromatic carbocycles. The average Bonchev–Trinajstić information content (AvgIpc) is 2.90. The van der Waals surface area contributed by atoms with Gasteiger partial charge in [-0.1, -0.05) is 13.8 Å². The number of nitrogens with zero attached hydrogens (tertiary/aromatic N) is 2. The minimum absolute atomic E-state index is 0.0376. The third-order valence-electron chi connectivity index (χ3n) is 4.66. The topological polar surface area (TPSA) is 44.8 Å². The Kier molecular flexibility index (Phi) is 5.63. The van der Waals surface area contributed by atoms with E-state index >= 15 is 0 Å². The molecule has 0 saturated carbocycles. The first-order valence-corrected chi connectivity index (χ1v) is 8.27. The third kappa shape index (κ3) is 3.96. The quantitative estimate of drug-likeness (QED) is 0.839. The first kappa shape index (κ1) is 16.7. The maximum Gasteiger partial charge on any atom is 0.240 e. The van der Waals surface area contributed by atoms with Crippen molar-refractivity contribution in [2.24, 2.45) is 5.92 Å². The molecule has 0 radical (unpaired) electrons. The van der Waals surface area contributed by atoms with Crippen LogP contribution in [-0.4, -0.2) is 73.2 Å². The normalized spacial score (nSPS) is 32.4. The van der Waals surface area contributed by atoms with E-state index in [0.717, 1.165) is 32.6 Å². The fourth-order valence-corrected chi connectivity index (χ4v) is 3.67. The van der Waals surface area contributed by atoms with Crippen LogP contribution in [0.4, 0.5) is 0 Å². The molecule has 122 valence electrons. The minimum atomic E-state index is -0.0376. The highest BCUT2D eigenvalue weighted by Gasteiger charge is 2.37. The molecule has 4 unspecified atom stereocenters. The van der Waals surface area contributed by atoms with Crippen molar-refractivity contribution < 1.29 is 9.53 Å². The molecule has 2 aliphatic rings. The zero-order valence-electron chi connectivity index (χ0n) is 14.1. The minimum Gasteiger partial charge on any atom is -0.373 e. The molecule has 2 saturated heterocycles. The van der Waals surface area contributed by atoms with Gasteiger partial charge in [0.05, 0.1) is 18.2 Å². The number of carbonyl (C=O) groups is 1. The summed E-state index contributed by atoms with van der Waals surface area (Å²) in [6.45, 7) is 12.1. The van der Waals surface area contributed by atoms with E-state index in [1.165, 1.54) is 0 Å². The van der Waals surface area contributed by atoms with Crippen molar-refractivity contribution in [2.45, 2.75) is 58.4 Å². The van der Waals surface area contributed by atoms with Gasteiger partial charge in [0.1, 0.15) is 0 Å². The van der Waals surface area contributed by atoms with Gasteiger partial charge in [-0.05, 0) is 32.7 Å². The zero-order valence-corrected chi connectivity index (χ0v) is 14.1. The van der Waals surface area contributed by atoms with Crippen molar-refractivity contribution in [3.63, 3.8) is 0 Å². The summed E-state index contributed by atoms with van der Waals surface area (Å²) in [6, 6.07) is 0.305. The molecule has 2 fully saturated rings. The molecule has 2 aliphatic heterocycles. The second kappa shape index (κ2) is 7.07. The van der Waals surface area contributed by atoms with Crippen LogP contribution >= 0.6 is 0 Å². The van der Waals surface area contributed by atoms with Crippen LogP contribution in [0, 0.1) is 5.92 Å². The largest absolute Gasteiger partial charge is 0.373 e. The fraction of sp³-hybridized carbons (Fsp3) is 0.938. The fourth-order valence-electron chi connectivity index (χ4n) is 3.67. The monoisotopic (exact) mass is 297 g/mol. The zero-order chi connectivity index (χ0) is 15.6. The van der Waals surface area contributed by atoms with Crippen LogP contribution < -0.4 is 5.32 Å². The van der Waals surface area contributed by atoms with Gasteiger partial charge in [0, 0.05) is 32.7 Å². The molecule has 2 heterocycles. The van der Waals surface area contributed by atoms with Crippen molar-refractivity contribution in [3.05, 3.63) is 0 Å². The Labute approximate surface area is 129 Å². The van der Waals surface area contributed by atoms with Gasteiger partial charge in [0.25, 0.3) is 0 Å². The van der Waals surface area contributed by atoms with Gasteiger partial charge in [-0.3, -0.25) is 9.69 Å². The Morgan fingerprint density at radius 2 is 1.90 bits per heavy atom. The number of hydrogen-bond acceptors (Lipinski definition) is 4. The van der Waals surface area contributed by atoms with Crippen molar-refractivity contribution in [1.29, 1.82) is 0 Å². The molecule has 1 amide bonds. The second-order valence-electron chi connectivity index (χ2n) is 7.00. The highest BCUT2D eigenvalue weighted by atomic mass is 16.5. The van der Waals surface area contributed by atoms with Gasteiger partial charge in [-0.25, -0.2) is 0 Å². The third-order valence-corrected chi connectivity index (χ3v) is 4.66. The molecule has 0 aromatic heterocycles. The number of rotatable bonds is 4. The molecule has 4 atom stereocenters. The Bertz CT molecular complexity index is 345. The van der Waals surface area contributed by atoms with Crippen LogP contribution in [0.1, 0.15) is 34.1 Å². The summed E-state index contributed by atoms with van der Waals surface area (Å²) in [4.78, 5) is 17.3. The van der Waals surface area contributed by atoms with E-state index in [1.807, 2.05) is 11.9 Å². The predicted octanol–water partition coefficient (Wildman–Crippen LogP) is 0.941. The van der Waals surface area contributed by atoms with Crippen molar-refractivity contribution in [2.75, 3.05) is 33.2 Å². The van der Waals surface area contributed by atoms with Gasteiger partial charge in [-0.15, -0.1) is 0 Å². The van der Waals surface area contributed by atoms with Gasteiger partial charge in [0.2, 0.25) is 5.91 Å². The smallest absolute Gasteiger partial charge is 0.240 e. The van der Waals surface area contributed by atoms with Gasteiger partial charge >= 0.3 is 0 Å². The average molecular weight is 297 g/mol. The van der Waals surface area contributed by atoms with E-state index in [-0.39, 0.29) is 24.2 Å². The van der Waals surface area contributed by atoms with Crippen LogP contribution in [0.25, 0.3) is 0 Å². The van der Waals surface area contributed by atoms with Crippen LogP contribution in [-0.2, 0) is 9.53 Å². The van der Waals surface area contributed by atoms with Gasteiger partial charge in [-0.2, -0.15) is 0 Å². The van der Waals surface area contributed by atoms with E-state index < -0.39 is 0 Å². The molecule has 1 N–H and O–H groups in total. The molecule has 2 rings (SSSR count). The summed E-state index contributed by atoms with van der Waals surface area (Å²) in [5.41, 5.74) is 0. The molecule has 5 nitrogen and oxygen atoms in total. The summed E-state index contributed by atoms with van der Waals surface area (Å²) in [7, 11) is 1.96. The lowest BCUT2D eigenvalue weighted by Crippen LogP contribution is -2.58. The molecule has 0 bridgehead atoms. The van der Waals surface area contributed by atoms with Gasteiger partial charge in [0.15, 0.2) is 0 Å². The molecular weight excluding hydrogens is 266 g/mol. The number of carbonyl (C=O) groups excluding carboxylic acids is 1. The molecule has 5 heteroatoms. The maximum atomic E-state index is 13.0. The summed E-state index contributed by atoms with van der Waals surface area (Å²) in [6.07, 6.45) is 1.45. The number of amides is 1. The summed E-state index contributed by atoms with van der Waals surface area (Å²) in [5.74, 6) is 0.576. The van der Waals surface area contributed by atoms with Crippen LogP contribution in [0.5, 0.6) is 0 Å². The highest BCUT2D eigenvalue weighted by molar-refractivity contribution is 5.82. The first-order valence-electron chi connectivity index (χ1n) is 8.27. The van der Waals surface area contributed by atoms with E-state index in [2.05, 4.69) is 37.9 Å². The lowest BCUT2D eigenvalue weighted by molar-refractivity contribution is -0.145. The van der Waals surface area contributed by atoms with E-state index in [4.69, 9.17) is 4.74 Å².